The van der Waals surface area contributed by atoms with Crippen LogP contribution >= 0.6 is 11.3 Å². The van der Waals surface area contributed by atoms with Gasteiger partial charge >= 0.3 is 5.97 Å². The van der Waals surface area contributed by atoms with E-state index in [1.807, 2.05) is 6.07 Å². The summed E-state index contributed by atoms with van der Waals surface area (Å²) >= 11 is 1.22. The first kappa shape index (κ1) is 18.3. The molecule has 1 aromatic carbocycles. The summed E-state index contributed by atoms with van der Waals surface area (Å²) in [7, 11) is 0. The molecule has 0 saturated heterocycles. The number of thiazole rings is 1. The summed E-state index contributed by atoms with van der Waals surface area (Å²) in [5, 5.41) is 13.9. The number of carbonyl (C=O) groups is 3. The van der Waals surface area contributed by atoms with Crippen molar-refractivity contribution in [1.29, 1.82) is 5.26 Å². The van der Waals surface area contributed by atoms with Crippen LogP contribution in [0.5, 0.6) is 0 Å². The molecule has 0 unspecified atom stereocenters. The predicted octanol–water partition coefficient (Wildman–Crippen LogP) is 2.44. The third-order valence-electron chi connectivity index (χ3n) is 3.12. The van der Waals surface area contributed by atoms with Crippen LogP contribution in [0.15, 0.2) is 29.6 Å². The van der Waals surface area contributed by atoms with E-state index in [0.29, 0.717) is 10.7 Å². The van der Waals surface area contributed by atoms with Gasteiger partial charge in [-0.2, -0.15) is 5.26 Å². The first-order valence-corrected chi connectivity index (χ1v) is 8.18. The van der Waals surface area contributed by atoms with Crippen LogP contribution in [0.1, 0.15) is 33.9 Å². The second-order valence-electron chi connectivity index (χ2n) is 5.19. The number of esters is 1. The number of hydrogen-bond acceptors (Lipinski definition) is 7. The highest BCUT2D eigenvalue weighted by atomic mass is 32.1. The smallest absolute Gasteiger partial charge is 0.338 e. The van der Waals surface area contributed by atoms with Gasteiger partial charge in [0, 0.05) is 23.7 Å². The number of aromatic nitrogens is 1. The van der Waals surface area contributed by atoms with Crippen molar-refractivity contribution in [3.63, 3.8) is 0 Å². The molecule has 1 amide bonds. The van der Waals surface area contributed by atoms with E-state index in [-0.39, 0.29) is 11.5 Å². The molecule has 0 fully saturated rings. The van der Waals surface area contributed by atoms with Crippen LogP contribution in [0.4, 0.5) is 5.69 Å². The van der Waals surface area contributed by atoms with Gasteiger partial charge in [-0.3, -0.25) is 9.59 Å². The molecule has 0 saturated carbocycles. The molecular weight excluding hydrogens is 342 g/mol. The van der Waals surface area contributed by atoms with Gasteiger partial charge in [0.15, 0.2) is 18.3 Å². The van der Waals surface area contributed by atoms with Crippen molar-refractivity contribution in [2.24, 2.45) is 0 Å². The van der Waals surface area contributed by atoms with Crippen molar-refractivity contribution >= 4 is 34.7 Å². The molecule has 0 aliphatic rings. The lowest BCUT2D eigenvalue weighted by Crippen LogP contribution is -2.20. The summed E-state index contributed by atoms with van der Waals surface area (Å²) < 4.78 is 4.97. The molecule has 2 aromatic rings. The first-order valence-electron chi connectivity index (χ1n) is 7.30. The average Bonchev–Trinajstić information content (AvgIpc) is 2.99. The number of rotatable bonds is 6. The molecule has 1 aromatic heterocycles. The summed E-state index contributed by atoms with van der Waals surface area (Å²) in [4.78, 5) is 39.2. The Morgan fingerprint density at radius 3 is 2.52 bits per heavy atom. The molecule has 8 heteroatoms. The molecule has 0 radical (unpaired) electrons. The molecule has 0 aliphatic carbocycles. The van der Waals surface area contributed by atoms with E-state index in [9.17, 15) is 14.4 Å². The Morgan fingerprint density at radius 1 is 1.32 bits per heavy atom. The molecule has 128 valence electrons. The topological polar surface area (TPSA) is 109 Å². The molecule has 7 nitrogen and oxygen atoms in total. The van der Waals surface area contributed by atoms with Gasteiger partial charge in [-0.1, -0.05) is 0 Å². The Bertz CT molecular complexity index is 836. The molecule has 0 bridgehead atoms. The zero-order valence-corrected chi connectivity index (χ0v) is 14.4. The maximum absolute atomic E-state index is 12.1. The molecule has 25 heavy (non-hydrogen) atoms. The highest BCUT2D eigenvalue weighted by Crippen LogP contribution is 2.21. The van der Waals surface area contributed by atoms with Crippen molar-refractivity contribution in [1.82, 2.24) is 4.98 Å². The number of anilines is 1. The summed E-state index contributed by atoms with van der Waals surface area (Å²) in [6, 6.07) is 7.94. The van der Waals surface area contributed by atoms with Crippen molar-refractivity contribution in [3.05, 3.63) is 45.9 Å². The number of aryl methyl sites for hydroxylation is 1. The Hall–Kier alpha value is -3.05. The van der Waals surface area contributed by atoms with Crippen LogP contribution in [0, 0.1) is 18.3 Å². The quantitative estimate of drug-likeness (QED) is 0.795. The fourth-order valence-corrected chi connectivity index (χ4v) is 2.83. The second kappa shape index (κ2) is 8.17. The van der Waals surface area contributed by atoms with Crippen LogP contribution in [0.3, 0.4) is 0 Å². The van der Waals surface area contributed by atoms with E-state index in [1.54, 1.807) is 24.4 Å². The van der Waals surface area contributed by atoms with E-state index < -0.39 is 24.3 Å². The monoisotopic (exact) mass is 357 g/mol. The molecule has 1 N–H and O–H groups in total. The van der Waals surface area contributed by atoms with E-state index in [0.717, 1.165) is 5.69 Å². The van der Waals surface area contributed by atoms with Gasteiger partial charge in [0.25, 0.3) is 0 Å². The minimum absolute atomic E-state index is 0.221. The number of benzene rings is 1. The van der Waals surface area contributed by atoms with Crippen LogP contribution in [0.25, 0.3) is 0 Å². The fraction of sp³-hybridized carbons (Fsp3) is 0.235. The third kappa shape index (κ3) is 4.96. The molecule has 2 rings (SSSR count). The summed E-state index contributed by atoms with van der Waals surface area (Å²) in [5.74, 6) is -2.48. The molecule has 1 atom stereocenters. The first-order chi connectivity index (χ1) is 11.9. The van der Waals surface area contributed by atoms with Crippen molar-refractivity contribution in [2.45, 2.75) is 19.8 Å². The maximum atomic E-state index is 12.1. The van der Waals surface area contributed by atoms with Crippen molar-refractivity contribution in [3.8, 4) is 6.07 Å². The SMILES string of the molecule is CC(=O)Nc1ccc(C(=O)OCC(=O)[C@@H](C#N)c2nc(C)cs2)cc1. The second-order valence-corrected chi connectivity index (χ2v) is 6.08. The molecular formula is C17H15N3O4S. The number of Topliss-reactive ketones (excluding diaryl/α,β-unsaturated/α-hetero) is 1. The lowest BCUT2D eigenvalue weighted by molar-refractivity contribution is -0.122. The van der Waals surface area contributed by atoms with E-state index in [4.69, 9.17) is 10.00 Å². The van der Waals surface area contributed by atoms with Gasteiger partial charge in [-0.05, 0) is 31.2 Å². The standard InChI is InChI=1S/C17H15N3O4S/c1-10-9-25-16(19-10)14(7-18)15(22)8-24-17(23)12-3-5-13(6-4-12)20-11(2)21/h3-6,9,14H,8H2,1-2H3,(H,20,21)/t14-/m1/s1. The lowest BCUT2D eigenvalue weighted by atomic mass is 10.1. The highest BCUT2D eigenvalue weighted by molar-refractivity contribution is 7.09. The average molecular weight is 357 g/mol. The number of nitrogens with zero attached hydrogens (tertiary/aromatic N) is 2. The number of amides is 1. The number of ketones is 1. The van der Waals surface area contributed by atoms with Crippen molar-refractivity contribution < 1.29 is 19.1 Å². The van der Waals surface area contributed by atoms with Crippen LogP contribution in [-0.4, -0.2) is 29.3 Å². The minimum atomic E-state index is -1.05. The van der Waals surface area contributed by atoms with Crippen LogP contribution < -0.4 is 5.32 Å². The van der Waals surface area contributed by atoms with Gasteiger partial charge in [0.2, 0.25) is 5.91 Å². The minimum Gasteiger partial charge on any atom is -0.454 e. The predicted molar refractivity (Wildman–Crippen MR) is 91.2 cm³/mol. The van der Waals surface area contributed by atoms with Gasteiger partial charge in [-0.15, -0.1) is 11.3 Å². The maximum Gasteiger partial charge on any atom is 0.338 e. The number of nitrogens with one attached hydrogen (secondary N) is 1. The lowest BCUT2D eigenvalue weighted by Gasteiger charge is -2.07. The number of hydrogen-bond donors (Lipinski definition) is 1. The van der Waals surface area contributed by atoms with Gasteiger partial charge in [-0.25, -0.2) is 9.78 Å². The highest BCUT2D eigenvalue weighted by Gasteiger charge is 2.24. The Kier molecular flexibility index (Phi) is 5.98. The zero-order chi connectivity index (χ0) is 18.4. The Labute approximate surface area is 148 Å². The van der Waals surface area contributed by atoms with Gasteiger partial charge in [0.05, 0.1) is 11.6 Å². The third-order valence-corrected chi connectivity index (χ3v) is 4.15. The zero-order valence-electron chi connectivity index (χ0n) is 13.6. The van der Waals surface area contributed by atoms with Gasteiger partial charge < -0.3 is 10.1 Å². The van der Waals surface area contributed by atoms with E-state index >= 15 is 0 Å². The molecule has 0 spiro atoms. The Balaban J connectivity index is 1.95. The summed E-state index contributed by atoms with van der Waals surface area (Å²) in [6.07, 6.45) is 0. The largest absolute Gasteiger partial charge is 0.454 e. The normalized spacial score (nSPS) is 11.2. The number of carbonyl (C=O) groups excluding carboxylic acids is 3. The Morgan fingerprint density at radius 2 is 2.00 bits per heavy atom. The number of ether oxygens (including phenoxy) is 1. The van der Waals surface area contributed by atoms with Crippen LogP contribution in [0.2, 0.25) is 0 Å². The summed E-state index contributed by atoms with van der Waals surface area (Å²) in [6.45, 7) is 2.63. The summed E-state index contributed by atoms with van der Waals surface area (Å²) in [5.41, 5.74) is 1.51. The fourth-order valence-electron chi connectivity index (χ4n) is 1.97. The van der Waals surface area contributed by atoms with Crippen molar-refractivity contribution in [2.75, 3.05) is 11.9 Å². The number of nitriles is 1. The van der Waals surface area contributed by atoms with Gasteiger partial charge in [0.1, 0.15) is 5.01 Å². The molecule has 1 heterocycles. The molecule has 0 aliphatic heterocycles. The van der Waals surface area contributed by atoms with E-state index in [1.165, 1.54) is 30.4 Å². The van der Waals surface area contributed by atoms with Crippen LogP contribution in [-0.2, 0) is 14.3 Å². The van der Waals surface area contributed by atoms with E-state index in [2.05, 4.69) is 10.3 Å².